The lowest BCUT2D eigenvalue weighted by Gasteiger charge is -2.49. The van der Waals surface area contributed by atoms with Crippen LogP contribution in [0, 0.1) is 17.3 Å². The molecule has 5 nitrogen and oxygen atoms in total. The van der Waals surface area contributed by atoms with Crippen LogP contribution in [0.5, 0.6) is 5.75 Å². The van der Waals surface area contributed by atoms with E-state index >= 15 is 0 Å². The SMILES string of the molecule is O=C(C1CC=CC1)N1CCC2(CCOC[C@@H]2COc2cccnc2)CC1. The third-order valence-electron chi connectivity index (χ3n) is 6.44. The first kappa shape index (κ1) is 17.5. The van der Waals surface area contributed by atoms with Crippen molar-refractivity contribution in [3.8, 4) is 5.75 Å². The fourth-order valence-electron chi connectivity index (χ4n) is 4.64. The van der Waals surface area contributed by atoms with Crippen LogP contribution in [-0.4, -0.2) is 48.7 Å². The summed E-state index contributed by atoms with van der Waals surface area (Å²) in [5.74, 6) is 1.72. The molecule has 2 aliphatic heterocycles. The van der Waals surface area contributed by atoms with E-state index in [0.717, 1.165) is 64.2 Å². The minimum Gasteiger partial charge on any atom is -0.492 e. The van der Waals surface area contributed by atoms with Gasteiger partial charge in [-0.3, -0.25) is 9.78 Å². The van der Waals surface area contributed by atoms with Gasteiger partial charge in [0, 0.05) is 37.7 Å². The highest BCUT2D eigenvalue weighted by molar-refractivity contribution is 5.79. The first-order chi connectivity index (χ1) is 12.8. The normalized spacial score (nSPS) is 25.5. The van der Waals surface area contributed by atoms with Crippen LogP contribution in [0.15, 0.2) is 36.7 Å². The second-order valence-corrected chi connectivity index (χ2v) is 7.85. The highest BCUT2D eigenvalue weighted by atomic mass is 16.5. The van der Waals surface area contributed by atoms with E-state index in [-0.39, 0.29) is 11.3 Å². The zero-order valence-electron chi connectivity index (χ0n) is 15.3. The molecular weight excluding hydrogens is 328 g/mol. The fraction of sp³-hybridized carbons (Fsp3) is 0.619. The van der Waals surface area contributed by atoms with Gasteiger partial charge < -0.3 is 14.4 Å². The second-order valence-electron chi connectivity index (χ2n) is 7.85. The number of nitrogens with zero attached hydrogens (tertiary/aromatic N) is 2. The first-order valence-corrected chi connectivity index (χ1v) is 9.81. The van der Waals surface area contributed by atoms with Gasteiger partial charge in [-0.15, -0.1) is 0 Å². The lowest BCUT2D eigenvalue weighted by molar-refractivity contribution is -0.141. The third-order valence-corrected chi connectivity index (χ3v) is 6.44. The zero-order chi connectivity index (χ0) is 17.8. The van der Waals surface area contributed by atoms with Gasteiger partial charge in [-0.05, 0) is 49.7 Å². The molecule has 1 aromatic heterocycles. The van der Waals surface area contributed by atoms with Gasteiger partial charge in [-0.2, -0.15) is 0 Å². The Morgan fingerprint density at radius 3 is 2.81 bits per heavy atom. The van der Waals surface area contributed by atoms with E-state index < -0.39 is 0 Å². The standard InChI is InChI=1S/C21H28N2O3/c24-20(17-4-1-2-5-17)23-11-7-21(8-12-23)9-13-25-15-18(21)16-26-19-6-3-10-22-14-19/h1-3,6,10,14,17-18H,4-5,7-9,11-13,15-16H2/t18-/m1/s1. The molecular formula is C21H28N2O3. The number of hydrogen-bond donors (Lipinski definition) is 0. The van der Waals surface area contributed by atoms with Crippen molar-refractivity contribution in [3.05, 3.63) is 36.7 Å². The monoisotopic (exact) mass is 356 g/mol. The number of pyridine rings is 1. The number of piperidine rings is 1. The number of likely N-dealkylation sites (tertiary alicyclic amines) is 1. The number of carbonyl (C=O) groups excluding carboxylic acids is 1. The number of ether oxygens (including phenoxy) is 2. The summed E-state index contributed by atoms with van der Waals surface area (Å²) in [6.07, 6.45) is 12.8. The summed E-state index contributed by atoms with van der Waals surface area (Å²) >= 11 is 0. The van der Waals surface area contributed by atoms with Crippen LogP contribution in [0.4, 0.5) is 0 Å². The van der Waals surface area contributed by atoms with Gasteiger partial charge in [-0.25, -0.2) is 0 Å². The minimum absolute atomic E-state index is 0.184. The molecule has 0 N–H and O–H groups in total. The summed E-state index contributed by atoms with van der Waals surface area (Å²) in [7, 11) is 0. The Kier molecular flexibility index (Phi) is 5.25. The summed E-state index contributed by atoms with van der Waals surface area (Å²) in [6, 6.07) is 3.84. The highest BCUT2D eigenvalue weighted by Gasteiger charge is 2.45. The molecule has 1 aliphatic carbocycles. The molecule has 1 aromatic rings. The van der Waals surface area contributed by atoms with Crippen molar-refractivity contribution >= 4 is 5.91 Å². The van der Waals surface area contributed by atoms with E-state index in [9.17, 15) is 4.79 Å². The van der Waals surface area contributed by atoms with Crippen molar-refractivity contribution in [1.29, 1.82) is 0 Å². The quantitative estimate of drug-likeness (QED) is 0.778. The van der Waals surface area contributed by atoms with Crippen LogP contribution in [0.3, 0.4) is 0 Å². The predicted octanol–water partition coefficient (Wildman–Crippen LogP) is 3.07. The molecule has 1 amide bonds. The van der Waals surface area contributed by atoms with Gasteiger partial charge in [0.15, 0.2) is 0 Å². The molecule has 0 bridgehead atoms. The molecule has 3 heterocycles. The number of aromatic nitrogens is 1. The Balaban J connectivity index is 1.36. The summed E-state index contributed by atoms with van der Waals surface area (Å²) in [5, 5.41) is 0. The van der Waals surface area contributed by atoms with E-state index in [4.69, 9.17) is 9.47 Å². The molecule has 2 saturated heterocycles. The Morgan fingerprint density at radius 2 is 2.08 bits per heavy atom. The summed E-state index contributed by atoms with van der Waals surface area (Å²) in [4.78, 5) is 18.9. The average Bonchev–Trinajstić information content (AvgIpc) is 3.23. The Hall–Kier alpha value is -1.88. The third kappa shape index (κ3) is 3.63. The maximum absolute atomic E-state index is 12.7. The molecule has 26 heavy (non-hydrogen) atoms. The van der Waals surface area contributed by atoms with Crippen LogP contribution in [0.25, 0.3) is 0 Å². The smallest absolute Gasteiger partial charge is 0.226 e. The van der Waals surface area contributed by atoms with Gasteiger partial charge in [0.1, 0.15) is 5.75 Å². The summed E-state index contributed by atoms with van der Waals surface area (Å²) in [6.45, 7) is 3.98. The molecule has 3 aliphatic rings. The van der Waals surface area contributed by atoms with Crippen molar-refractivity contribution in [3.63, 3.8) is 0 Å². The van der Waals surface area contributed by atoms with Gasteiger partial charge in [0.05, 0.1) is 19.4 Å². The predicted molar refractivity (Wildman–Crippen MR) is 98.8 cm³/mol. The lowest BCUT2D eigenvalue weighted by Crippen LogP contribution is -2.51. The van der Waals surface area contributed by atoms with Gasteiger partial charge in [-0.1, -0.05) is 12.2 Å². The zero-order valence-corrected chi connectivity index (χ0v) is 15.3. The van der Waals surface area contributed by atoms with Crippen molar-refractivity contribution in [2.45, 2.75) is 32.1 Å². The molecule has 0 unspecified atom stereocenters. The number of amides is 1. The topological polar surface area (TPSA) is 51.7 Å². The first-order valence-electron chi connectivity index (χ1n) is 9.81. The number of rotatable bonds is 4. The second kappa shape index (κ2) is 7.78. The van der Waals surface area contributed by atoms with Gasteiger partial charge in [0.2, 0.25) is 5.91 Å². The molecule has 140 valence electrons. The van der Waals surface area contributed by atoms with E-state index in [1.165, 1.54) is 0 Å². The Morgan fingerprint density at radius 1 is 1.27 bits per heavy atom. The highest BCUT2D eigenvalue weighted by Crippen LogP contribution is 2.45. The fourth-order valence-corrected chi connectivity index (χ4v) is 4.64. The van der Waals surface area contributed by atoms with E-state index in [1.54, 1.807) is 12.4 Å². The maximum atomic E-state index is 12.7. The number of allylic oxidation sites excluding steroid dienone is 2. The van der Waals surface area contributed by atoms with Gasteiger partial charge in [0.25, 0.3) is 0 Å². The summed E-state index contributed by atoms with van der Waals surface area (Å²) < 4.78 is 11.8. The lowest BCUT2D eigenvalue weighted by atomic mass is 9.66. The Bertz CT molecular complexity index is 630. The van der Waals surface area contributed by atoms with E-state index in [1.807, 2.05) is 12.1 Å². The molecule has 1 atom stereocenters. The van der Waals surface area contributed by atoms with E-state index in [2.05, 4.69) is 22.0 Å². The molecule has 0 saturated carbocycles. The number of carbonyl (C=O) groups is 1. The molecule has 4 rings (SSSR count). The molecule has 0 aromatic carbocycles. The van der Waals surface area contributed by atoms with Crippen molar-refractivity contribution < 1.29 is 14.3 Å². The maximum Gasteiger partial charge on any atom is 0.226 e. The van der Waals surface area contributed by atoms with Crippen LogP contribution in [0.1, 0.15) is 32.1 Å². The average molecular weight is 356 g/mol. The van der Waals surface area contributed by atoms with Gasteiger partial charge >= 0.3 is 0 Å². The summed E-state index contributed by atoms with van der Waals surface area (Å²) in [5.41, 5.74) is 0.241. The minimum atomic E-state index is 0.184. The molecule has 5 heteroatoms. The molecule has 2 fully saturated rings. The van der Waals surface area contributed by atoms with Crippen LogP contribution < -0.4 is 4.74 Å². The van der Waals surface area contributed by atoms with Crippen molar-refractivity contribution in [1.82, 2.24) is 9.88 Å². The largest absolute Gasteiger partial charge is 0.492 e. The Labute approximate surface area is 155 Å². The van der Waals surface area contributed by atoms with Crippen LogP contribution in [-0.2, 0) is 9.53 Å². The molecule has 0 radical (unpaired) electrons. The van der Waals surface area contributed by atoms with Crippen molar-refractivity contribution in [2.24, 2.45) is 17.3 Å². The number of hydrogen-bond acceptors (Lipinski definition) is 4. The van der Waals surface area contributed by atoms with Crippen molar-refractivity contribution in [2.75, 3.05) is 32.9 Å². The van der Waals surface area contributed by atoms with Crippen LogP contribution in [0.2, 0.25) is 0 Å². The molecule has 1 spiro atoms. The van der Waals surface area contributed by atoms with Crippen LogP contribution >= 0.6 is 0 Å². The van der Waals surface area contributed by atoms with E-state index in [0.29, 0.717) is 18.4 Å².